The summed E-state index contributed by atoms with van der Waals surface area (Å²) in [5.41, 5.74) is 0. The first-order valence-electron chi connectivity index (χ1n) is 24.7. The lowest BCUT2D eigenvalue weighted by Gasteiger charge is -2.36. The third-order valence-corrected chi connectivity index (χ3v) is 43.2. The van der Waals surface area contributed by atoms with Crippen molar-refractivity contribution < 1.29 is 79.7 Å². The summed E-state index contributed by atoms with van der Waals surface area (Å²) < 4.78 is 106. The summed E-state index contributed by atoms with van der Waals surface area (Å²) in [7, 11) is 9.98. The van der Waals surface area contributed by atoms with E-state index in [2.05, 4.69) is 5.32 Å². The van der Waals surface area contributed by atoms with Crippen molar-refractivity contribution in [3.8, 4) is 0 Å². The zero-order valence-electron chi connectivity index (χ0n) is 46.8. The van der Waals surface area contributed by atoms with E-state index < -0.39 is 69.0 Å². The maximum absolute atomic E-state index is 5.88. The smallest absolute Gasteiger partial charge is 0.377 e. The highest BCUT2D eigenvalue weighted by Gasteiger charge is 2.45. The third kappa shape index (κ3) is 23.4. The van der Waals surface area contributed by atoms with E-state index in [1.165, 1.54) is 12.1 Å². The fourth-order valence-corrected chi connectivity index (χ4v) is 33.1. The first kappa shape index (κ1) is 70.0. The molecule has 0 aliphatic rings. The Hall–Kier alpha value is 0.975. The highest BCUT2D eigenvalue weighted by Crippen LogP contribution is 2.39. The van der Waals surface area contributed by atoms with Gasteiger partial charge in [-0.1, -0.05) is 86.9 Å². The Balaban J connectivity index is 6.67. The highest BCUT2D eigenvalue weighted by atomic mass is 28.4. The minimum absolute atomic E-state index is 0.762. The van der Waals surface area contributed by atoms with Crippen LogP contribution in [0.15, 0.2) is 0 Å². The average molecular weight is 1130 g/mol. The molecule has 0 aliphatic heterocycles. The van der Waals surface area contributed by atoms with Gasteiger partial charge in [0.1, 0.15) is 0 Å². The minimum atomic E-state index is -2.76. The molecular weight excluding hydrogens is 1030 g/mol. The number of rotatable bonds is 50. The van der Waals surface area contributed by atoms with Crippen LogP contribution in [0.3, 0.4) is 0 Å². The molecule has 69 heavy (non-hydrogen) atoms. The van der Waals surface area contributed by atoms with Crippen LogP contribution in [0.2, 0.25) is 84.6 Å². The van der Waals surface area contributed by atoms with Gasteiger partial charge in [0.2, 0.25) is 0 Å². The molecule has 0 radical (unpaired) electrons. The van der Waals surface area contributed by atoms with Crippen molar-refractivity contribution in [2.75, 3.05) is 141 Å². The van der Waals surface area contributed by atoms with Gasteiger partial charge in [-0.25, -0.2) is 0 Å². The molecule has 0 spiro atoms. The van der Waals surface area contributed by atoms with Crippen molar-refractivity contribution in [2.45, 2.75) is 136 Å². The lowest BCUT2D eigenvalue weighted by molar-refractivity contribution is 0.122. The van der Waals surface area contributed by atoms with Crippen LogP contribution in [0.1, 0.15) is 51.4 Å². The van der Waals surface area contributed by atoms with E-state index in [0.717, 1.165) is 137 Å². The van der Waals surface area contributed by atoms with Crippen molar-refractivity contribution in [3.63, 3.8) is 0 Å². The molecule has 0 aromatic heterocycles. The van der Waals surface area contributed by atoms with Crippen molar-refractivity contribution in [3.05, 3.63) is 0 Å². The standard InChI is InChI=1S/C42H103NO18Si8/c1-44-64(45-2,46-3)37-21-31-62(32-22-38-65(47-4,48-5)49-6,33-23-39-66(50-7,51-8)52-9)29-19-27-43-28-20-30-63(34-24-40-67(53-10,54-11)55-12,35-25-41-68(56-13,57-14)58-15)36-26-42-69(59-16,60-17)61-18/h43H,19-42H2,1-18H3. The minimum Gasteiger partial charge on any atom is -0.377 e. The summed E-state index contributed by atoms with van der Waals surface area (Å²) >= 11 is 0. The number of hydrogen-bond acceptors (Lipinski definition) is 19. The van der Waals surface area contributed by atoms with E-state index in [1.807, 2.05) is 0 Å². The molecule has 0 rings (SSSR count). The van der Waals surface area contributed by atoms with Gasteiger partial charge in [0.05, 0.1) is 16.1 Å². The normalized spacial score (nSPS) is 13.8. The molecule has 0 bridgehead atoms. The third-order valence-electron chi connectivity index (χ3n) is 14.9. The maximum Gasteiger partial charge on any atom is 0.500 e. The predicted molar refractivity (Wildman–Crippen MR) is 289 cm³/mol. The molecule has 0 aliphatic carbocycles. The van der Waals surface area contributed by atoms with Crippen LogP contribution in [0.25, 0.3) is 0 Å². The fraction of sp³-hybridized carbons (Fsp3) is 1.00. The molecule has 0 aromatic rings. The molecule has 0 heterocycles. The van der Waals surface area contributed by atoms with Crippen LogP contribution in [-0.2, 0) is 79.7 Å². The number of hydrogen-bond donors (Lipinski definition) is 1. The Kier molecular flexibility index (Phi) is 38.2. The highest BCUT2D eigenvalue weighted by molar-refractivity contribution is 6.81. The topological polar surface area (TPSA) is 178 Å². The van der Waals surface area contributed by atoms with E-state index in [0.29, 0.717) is 0 Å². The Morgan fingerprint density at radius 2 is 0.319 bits per heavy atom. The lowest BCUT2D eigenvalue weighted by atomic mass is 10.4. The molecule has 0 saturated heterocycles. The molecule has 0 aromatic carbocycles. The summed E-state index contributed by atoms with van der Waals surface area (Å²) in [5, 5.41) is 3.90. The van der Waals surface area contributed by atoms with E-state index in [1.54, 1.807) is 128 Å². The Morgan fingerprint density at radius 1 is 0.188 bits per heavy atom. The van der Waals surface area contributed by atoms with Crippen LogP contribution >= 0.6 is 0 Å². The second-order valence-corrected chi connectivity index (χ2v) is 46.4. The summed E-state index contributed by atoms with van der Waals surface area (Å²) in [4.78, 5) is 0. The second kappa shape index (κ2) is 37.7. The van der Waals surface area contributed by atoms with Crippen molar-refractivity contribution in [1.29, 1.82) is 0 Å². The molecule has 19 nitrogen and oxygen atoms in total. The van der Waals surface area contributed by atoms with Crippen molar-refractivity contribution in [2.24, 2.45) is 0 Å². The van der Waals surface area contributed by atoms with Gasteiger partial charge in [-0.05, 0) is 25.9 Å². The van der Waals surface area contributed by atoms with Crippen LogP contribution < -0.4 is 5.32 Å². The quantitative estimate of drug-likeness (QED) is 0.0459. The zero-order valence-corrected chi connectivity index (χ0v) is 54.8. The Labute approximate surface area is 429 Å². The van der Waals surface area contributed by atoms with Crippen LogP contribution in [0.5, 0.6) is 0 Å². The van der Waals surface area contributed by atoms with Gasteiger partial charge in [-0.2, -0.15) is 0 Å². The molecular formula is C42H103NO18Si8. The Bertz CT molecular complexity index is 972. The van der Waals surface area contributed by atoms with Gasteiger partial charge >= 0.3 is 52.8 Å². The van der Waals surface area contributed by atoms with Crippen LogP contribution in [0, 0.1) is 0 Å². The molecule has 0 amide bonds. The lowest BCUT2D eigenvalue weighted by Crippen LogP contribution is -2.45. The second-order valence-electron chi connectivity index (χ2n) is 17.9. The molecule has 416 valence electrons. The molecule has 1 N–H and O–H groups in total. The molecule has 0 atom stereocenters. The summed E-state index contributed by atoms with van der Waals surface area (Å²) in [6, 6.07) is 13.6. The van der Waals surface area contributed by atoms with Crippen LogP contribution in [-0.4, -0.2) is 210 Å². The molecule has 0 fully saturated rings. The summed E-state index contributed by atoms with van der Waals surface area (Å²) in [5.74, 6) is 0. The van der Waals surface area contributed by atoms with Gasteiger partial charge in [-0.15, -0.1) is 0 Å². The molecule has 27 heteroatoms. The summed E-state index contributed by atoms with van der Waals surface area (Å²) in [6.45, 7) is 1.87. The van der Waals surface area contributed by atoms with E-state index >= 15 is 0 Å². The zero-order chi connectivity index (χ0) is 52.4. The Morgan fingerprint density at radius 3 is 0.449 bits per heavy atom. The first-order valence-corrected chi connectivity index (χ1v) is 41.9. The van der Waals surface area contributed by atoms with E-state index in [-0.39, 0.29) is 0 Å². The maximum atomic E-state index is 5.88. The first-order chi connectivity index (χ1) is 33.0. The van der Waals surface area contributed by atoms with Crippen molar-refractivity contribution >= 4 is 69.0 Å². The van der Waals surface area contributed by atoms with Gasteiger partial charge in [0.15, 0.2) is 0 Å². The molecule has 0 unspecified atom stereocenters. The average Bonchev–Trinajstić information content (AvgIpc) is 3.40. The monoisotopic (exact) mass is 1130 g/mol. The van der Waals surface area contributed by atoms with Gasteiger partial charge < -0.3 is 85.0 Å². The van der Waals surface area contributed by atoms with Crippen LogP contribution in [0.4, 0.5) is 0 Å². The van der Waals surface area contributed by atoms with E-state index in [4.69, 9.17) is 79.7 Å². The summed E-state index contributed by atoms with van der Waals surface area (Å²) in [6.07, 6.45) is 7.93. The van der Waals surface area contributed by atoms with E-state index in [9.17, 15) is 0 Å². The fourth-order valence-electron chi connectivity index (χ4n) is 10.2. The predicted octanol–water partition coefficient (Wildman–Crippen LogP) is 7.86. The molecule has 0 saturated carbocycles. The van der Waals surface area contributed by atoms with Gasteiger partial charge in [-0.3, -0.25) is 0 Å². The van der Waals surface area contributed by atoms with Crippen molar-refractivity contribution in [1.82, 2.24) is 5.32 Å². The number of nitrogens with one attached hydrogen (secondary N) is 1. The van der Waals surface area contributed by atoms with Gasteiger partial charge in [0, 0.05) is 164 Å². The van der Waals surface area contributed by atoms with Gasteiger partial charge in [0.25, 0.3) is 0 Å². The SMILES string of the molecule is CO[Si](CCC[Si](CCCNCCC[Si](CCC[Si](OC)(OC)OC)(CCC[Si](OC)(OC)OC)CCC[Si](OC)(OC)OC)(CCC[Si](OC)(OC)OC)CCC[Si](OC)(OC)OC)(OC)OC. The largest absolute Gasteiger partial charge is 0.500 e.